The van der Waals surface area contributed by atoms with Gasteiger partial charge in [-0.2, -0.15) is 0 Å². The molecule has 2 aromatic heterocycles. The molecule has 2 aromatic rings. The molecule has 0 radical (unpaired) electrons. The van der Waals surface area contributed by atoms with Crippen LogP contribution in [0, 0.1) is 39.5 Å². The molecule has 3 fully saturated rings. The number of nitrogens with zero attached hydrogens (tertiary/aromatic N) is 2. The van der Waals surface area contributed by atoms with Crippen molar-refractivity contribution in [1.29, 1.82) is 0 Å². The Morgan fingerprint density at radius 1 is 1.27 bits per heavy atom. The van der Waals surface area contributed by atoms with Crippen molar-refractivity contribution in [2.75, 3.05) is 0 Å². The van der Waals surface area contributed by atoms with Crippen molar-refractivity contribution in [1.82, 2.24) is 14.9 Å². The zero-order chi connectivity index (χ0) is 23.2. The van der Waals surface area contributed by atoms with Crippen LogP contribution in [0.3, 0.4) is 0 Å². The molecule has 2 amide bonds. The van der Waals surface area contributed by atoms with Crippen molar-refractivity contribution < 1.29 is 19.5 Å². The lowest BCUT2D eigenvalue weighted by molar-refractivity contribution is -0.157. The van der Waals surface area contributed by atoms with E-state index in [4.69, 9.17) is 12.2 Å². The van der Waals surface area contributed by atoms with Crippen LogP contribution in [0.1, 0.15) is 36.6 Å². The van der Waals surface area contributed by atoms with Gasteiger partial charge in [0.25, 0.3) is 0 Å². The number of amides is 2. The Balaban J connectivity index is 1.44. The second-order valence-electron chi connectivity index (χ2n) is 9.82. The fourth-order valence-electron chi connectivity index (χ4n) is 6.94. The Morgan fingerprint density at radius 3 is 2.64 bits per heavy atom. The summed E-state index contributed by atoms with van der Waals surface area (Å²) >= 11 is 8.80. The Hall–Kier alpha value is -2.04. The number of rotatable bonds is 4. The minimum Gasteiger partial charge on any atom is -0.480 e. The SMILES string of the molecule is CC(C)C(C(=O)O)N1C(=O)C2C3CC(C2C1=O)C1C(c2cccnc2)c2sc(=S)[nH]c2SC31. The van der Waals surface area contributed by atoms with Gasteiger partial charge in [0, 0.05) is 28.4 Å². The van der Waals surface area contributed by atoms with Crippen LogP contribution in [0.25, 0.3) is 0 Å². The Kier molecular flexibility index (Phi) is 4.87. The Labute approximate surface area is 204 Å². The van der Waals surface area contributed by atoms with Gasteiger partial charge in [-0.3, -0.25) is 19.5 Å². The highest BCUT2D eigenvalue weighted by Crippen LogP contribution is 2.68. The van der Waals surface area contributed by atoms with Gasteiger partial charge in [0.2, 0.25) is 11.8 Å². The van der Waals surface area contributed by atoms with Gasteiger partial charge >= 0.3 is 5.97 Å². The summed E-state index contributed by atoms with van der Waals surface area (Å²) in [6.07, 6.45) is 4.47. The molecule has 2 aliphatic heterocycles. The van der Waals surface area contributed by atoms with Crippen LogP contribution in [0.2, 0.25) is 0 Å². The average Bonchev–Trinajstić information content (AvgIpc) is 3.49. The molecule has 2 bridgehead atoms. The highest BCUT2D eigenvalue weighted by molar-refractivity contribution is 8.00. The van der Waals surface area contributed by atoms with Crippen LogP contribution in [-0.4, -0.2) is 49.0 Å². The van der Waals surface area contributed by atoms with Gasteiger partial charge in [-0.25, -0.2) is 4.79 Å². The zero-order valence-corrected chi connectivity index (χ0v) is 20.5. The van der Waals surface area contributed by atoms with Gasteiger partial charge in [-0.1, -0.05) is 19.9 Å². The molecule has 4 heterocycles. The number of thiazole rings is 1. The van der Waals surface area contributed by atoms with Gasteiger partial charge in [0.05, 0.1) is 16.9 Å². The molecule has 0 aromatic carbocycles. The summed E-state index contributed by atoms with van der Waals surface area (Å²) in [5.41, 5.74) is 1.10. The first-order valence-electron chi connectivity index (χ1n) is 11.2. The molecule has 4 aliphatic rings. The topological polar surface area (TPSA) is 103 Å². The number of carbonyl (C=O) groups excluding carboxylic acids is 2. The minimum atomic E-state index is -1.12. The van der Waals surface area contributed by atoms with Crippen molar-refractivity contribution >= 4 is 53.1 Å². The standard InChI is InChI=1S/C23H23N3O4S3/c1-8(2)16(22(29)30)26-20(27)14-10-6-11(15(14)21(26)28)17-13(10)12(9-4-3-5-24-7-9)18-19(32-17)25-23(31)33-18/h3-5,7-8,10-17H,6H2,1-2H3,(H,25,31)(H,29,30). The Morgan fingerprint density at radius 2 is 2.00 bits per heavy atom. The number of imide groups is 1. The van der Waals surface area contributed by atoms with Gasteiger partial charge in [0.15, 0.2) is 3.95 Å². The number of nitrogens with one attached hydrogen (secondary N) is 1. The predicted octanol–water partition coefficient (Wildman–Crippen LogP) is 3.78. The zero-order valence-electron chi connectivity index (χ0n) is 18.0. The third-order valence-corrected chi connectivity index (χ3v) is 10.9. The molecule has 8 unspecified atom stereocenters. The van der Waals surface area contributed by atoms with Gasteiger partial charge < -0.3 is 10.1 Å². The van der Waals surface area contributed by atoms with Gasteiger partial charge in [-0.05, 0) is 53.9 Å². The Bertz CT molecular complexity index is 1230. The number of hydrogen-bond donors (Lipinski definition) is 2. The minimum absolute atomic E-state index is 0.0367. The second-order valence-corrected chi connectivity index (χ2v) is 12.7. The fraction of sp³-hybridized carbons (Fsp3) is 0.522. The first-order chi connectivity index (χ1) is 15.8. The molecule has 8 atom stereocenters. The number of fused-ring (bicyclic) bond motifs is 9. The smallest absolute Gasteiger partial charge is 0.327 e. The fourth-order valence-corrected chi connectivity index (χ4v) is 10.3. The second kappa shape index (κ2) is 7.48. The number of aromatic nitrogens is 2. The van der Waals surface area contributed by atoms with Crippen LogP contribution in [0.4, 0.5) is 0 Å². The lowest BCUT2D eigenvalue weighted by atomic mass is 9.68. The molecule has 6 rings (SSSR count). The molecular formula is C23H23N3O4S3. The van der Waals surface area contributed by atoms with Gasteiger partial charge in [0.1, 0.15) is 6.04 Å². The van der Waals surface area contributed by atoms with E-state index in [-0.39, 0.29) is 46.7 Å². The molecule has 7 nitrogen and oxygen atoms in total. The van der Waals surface area contributed by atoms with Crippen molar-refractivity contribution in [3.63, 3.8) is 0 Å². The summed E-state index contributed by atoms with van der Waals surface area (Å²) in [5, 5.41) is 11.0. The van der Waals surface area contributed by atoms with Crippen LogP contribution >= 0.6 is 35.3 Å². The lowest BCUT2D eigenvalue weighted by Gasteiger charge is -2.42. The molecule has 0 spiro atoms. The van der Waals surface area contributed by atoms with Crippen LogP contribution in [-0.2, 0) is 14.4 Å². The van der Waals surface area contributed by atoms with Crippen molar-refractivity contribution in [3.05, 3.63) is 38.9 Å². The van der Waals surface area contributed by atoms with Crippen molar-refractivity contribution in [3.8, 4) is 0 Å². The van der Waals surface area contributed by atoms with Crippen molar-refractivity contribution in [2.45, 2.75) is 42.5 Å². The summed E-state index contributed by atoms with van der Waals surface area (Å²) in [7, 11) is 0. The van der Waals surface area contributed by atoms with E-state index in [1.165, 1.54) is 4.88 Å². The highest BCUT2D eigenvalue weighted by Gasteiger charge is 2.70. The van der Waals surface area contributed by atoms with Gasteiger partial charge in [-0.15, -0.1) is 23.1 Å². The summed E-state index contributed by atoms with van der Waals surface area (Å²) < 4.78 is 0.730. The molecule has 2 N–H and O–H groups in total. The summed E-state index contributed by atoms with van der Waals surface area (Å²) in [4.78, 5) is 49.1. The van der Waals surface area contributed by atoms with E-state index >= 15 is 0 Å². The molecule has 33 heavy (non-hydrogen) atoms. The summed E-state index contributed by atoms with van der Waals surface area (Å²) in [6.45, 7) is 3.49. The number of carboxylic acid groups (broad SMARTS) is 1. The number of aromatic amines is 1. The number of aliphatic carboxylic acids is 1. The molecule has 2 aliphatic carbocycles. The predicted molar refractivity (Wildman–Crippen MR) is 125 cm³/mol. The van der Waals surface area contributed by atoms with Crippen LogP contribution in [0.15, 0.2) is 29.6 Å². The monoisotopic (exact) mass is 501 g/mol. The molecule has 172 valence electrons. The third kappa shape index (κ3) is 2.89. The van der Waals surface area contributed by atoms with E-state index in [1.54, 1.807) is 43.1 Å². The van der Waals surface area contributed by atoms with E-state index in [9.17, 15) is 19.5 Å². The number of carbonyl (C=O) groups is 3. The van der Waals surface area contributed by atoms with E-state index in [0.29, 0.717) is 0 Å². The summed E-state index contributed by atoms with van der Waals surface area (Å²) in [6, 6.07) is 2.89. The van der Waals surface area contributed by atoms with E-state index in [2.05, 4.69) is 16.0 Å². The molecular weight excluding hydrogens is 478 g/mol. The molecule has 10 heteroatoms. The highest BCUT2D eigenvalue weighted by atomic mass is 32.2. The van der Waals surface area contributed by atoms with Crippen LogP contribution < -0.4 is 0 Å². The maximum absolute atomic E-state index is 13.6. The molecule has 1 saturated heterocycles. The van der Waals surface area contributed by atoms with E-state index in [1.807, 2.05) is 12.3 Å². The molecule has 2 saturated carbocycles. The average molecular weight is 502 g/mol. The van der Waals surface area contributed by atoms with E-state index in [0.717, 1.165) is 25.9 Å². The quantitative estimate of drug-likeness (QED) is 0.485. The van der Waals surface area contributed by atoms with Crippen LogP contribution in [0.5, 0.6) is 0 Å². The first-order valence-corrected chi connectivity index (χ1v) is 13.3. The maximum Gasteiger partial charge on any atom is 0.327 e. The number of thioether (sulfide) groups is 1. The van der Waals surface area contributed by atoms with E-state index < -0.39 is 23.8 Å². The normalized spacial score (nSPS) is 35.0. The van der Waals surface area contributed by atoms with Crippen molar-refractivity contribution in [2.24, 2.45) is 35.5 Å². The first kappa shape index (κ1) is 21.5. The largest absolute Gasteiger partial charge is 0.480 e. The third-order valence-electron chi connectivity index (χ3n) is 7.96. The number of H-pyrrole nitrogens is 1. The number of likely N-dealkylation sites (tertiary alicyclic amines) is 1. The number of hydrogen-bond acceptors (Lipinski definition) is 7. The number of carboxylic acids is 1. The maximum atomic E-state index is 13.6. The summed E-state index contributed by atoms with van der Waals surface area (Å²) in [5.74, 6) is -2.58. The number of pyridine rings is 1. The lowest BCUT2D eigenvalue weighted by Crippen LogP contribution is -2.49.